The number of fused-ring (bicyclic) bond motifs is 1. The van der Waals surface area contributed by atoms with Gasteiger partial charge in [-0.2, -0.15) is 5.10 Å². The fourth-order valence-corrected chi connectivity index (χ4v) is 3.10. The first-order chi connectivity index (χ1) is 11.3. The summed E-state index contributed by atoms with van der Waals surface area (Å²) in [6, 6.07) is 1.79. The molecule has 1 amide bonds. The number of rotatable bonds is 3. The third kappa shape index (κ3) is 2.94. The van der Waals surface area contributed by atoms with Crippen LogP contribution in [0.4, 0.5) is 5.82 Å². The Balaban J connectivity index is 1.39. The van der Waals surface area contributed by atoms with Crippen LogP contribution in [0.2, 0.25) is 0 Å². The van der Waals surface area contributed by atoms with E-state index in [0.717, 1.165) is 38.0 Å². The largest absolute Gasteiger partial charge is 0.378 e. The van der Waals surface area contributed by atoms with Crippen molar-refractivity contribution in [3.05, 3.63) is 29.3 Å². The highest BCUT2D eigenvalue weighted by molar-refractivity contribution is 5.92. The normalized spacial score (nSPS) is 21.0. The van der Waals surface area contributed by atoms with Crippen LogP contribution in [0, 0.1) is 0 Å². The number of nitrogens with one attached hydrogen (secondary N) is 2. The molecule has 0 radical (unpaired) electrons. The number of H-pyrrole nitrogens is 1. The van der Waals surface area contributed by atoms with Crippen LogP contribution in [0.1, 0.15) is 28.2 Å². The van der Waals surface area contributed by atoms with Gasteiger partial charge in [0.05, 0.1) is 19.4 Å². The van der Waals surface area contributed by atoms with Gasteiger partial charge in [0.1, 0.15) is 0 Å². The van der Waals surface area contributed by atoms with Gasteiger partial charge >= 0.3 is 0 Å². The maximum atomic E-state index is 12.3. The van der Waals surface area contributed by atoms with E-state index in [1.807, 2.05) is 6.20 Å². The number of amides is 1. The Morgan fingerprint density at radius 3 is 3.13 bits per heavy atom. The predicted molar refractivity (Wildman–Crippen MR) is 81.4 cm³/mol. The number of aryl methyl sites for hydroxylation is 1. The third-order valence-electron chi connectivity index (χ3n) is 4.41. The van der Waals surface area contributed by atoms with E-state index < -0.39 is 0 Å². The van der Waals surface area contributed by atoms with Crippen molar-refractivity contribution in [1.82, 2.24) is 20.7 Å². The van der Waals surface area contributed by atoms with Crippen molar-refractivity contribution >= 4 is 11.7 Å². The van der Waals surface area contributed by atoms with Crippen molar-refractivity contribution in [3.8, 4) is 0 Å². The molecular formula is C15H19N5O3. The van der Waals surface area contributed by atoms with Crippen LogP contribution in [0.3, 0.4) is 0 Å². The molecule has 3 heterocycles. The van der Waals surface area contributed by atoms with Gasteiger partial charge in [0.25, 0.3) is 5.91 Å². The molecule has 0 spiro atoms. The minimum atomic E-state index is -0.218. The number of ether oxygens (including phenoxy) is 1. The smallest absolute Gasteiger partial charge is 0.290 e. The van der Waals surface area contributed by atoms with Gasteiger partial charge in [-0.15, -0.1) is 0 Å². The van der Waals surface area contributed by atoms with E-state index in [1.165, 1.54) is 5.56 Å². The Labute approximate surface area is 133 Å². The topological polar surface area (TPSA) is 96.3 Å². The summed E-state index contributed by atoms with van der Waals surface area (Å²) >= 11 is 0. The van der Waals surface area contributed by atoms with Gasteiger partial charge in [-0.25, -0.2) is 0 Å². The minimum Gasteiger partial charge on any atom is -0.378 e. The van der Waals surface area contributed by atoms with E-state index in [9.17, 15) is 4.79 Å². The first-order valence-electron chi connectivity index (χ1n) is 7.91. The van der Waals surface area contributed by atoms with Gasteiger partial charge in [-0.3, -0.25) is 9.89 Å². The van der Waals surface area contributed by atoms with Gasteiger partial charge in [-0.05, 0) is 18.4 Å². The second kappa shape index (κ2) is 6.04. The van der Waals surface area contributed by atoms with Gasteiger partial charge in [0.2, 0.25) is 5.76 Å². The Morgan fingerprint density at radius 1 is 1.39 bits per heavy atom. The molecule has 4 rings (SSSR count). The second-order valence-electron chi connectivity index (χ2n) is 5.94. The van der Waals surface area contributed by atoms with E-state index in [-0.39, 0.29) is 17.7 Å². The van der Waals surface area contributed by atoms with Crippen molar-refractivity contribution in [3.63, 3.8) is 0 Å². The average Bonchev–Trinajstić information content (AvgIpc) is 3.24. The first kappa shape index (κ1) is 14.3. The fraction of sp³-hybridized carbons (Fsp3) is 0.533. The minimum absolute atomic E-state index is 0.0902. The summed E-state index contributed by atoms with van der Waals surface area (Å²) in [6.45, 7) is 2.86. The molecule has 1 fully saturated rings. The standard InChI is InChI=1S/C15H19N5O3/c21-15(17-11-2-1-10-9-16-18-12(10)7-11)13-8-14(19-23-13)20-3-5-22-6-4-20/h8-9,11H,1-7H2,(H,16,18)(H,17,21). The van der Waals surface area contributed by atoms with E-state index in [1.54, 1.807) is 6.07 Å². The molecule has 8 heteroatoms. The Hall–Kier alpha value is -2.35. The summed E-state index contributed by atoms with van der Waals surface area (Å²) in [6.07, 6.45) is 4.46. The molecule has 1 atom stereocenters. The molecule has 1 unspecified atom stereocenters. The number of hydrogen-bond acceptors (Lipinski definition) is 6. The average molecular weight is 317 g/mol. The molecule has 2 N–H and O–H groups in total. The lowest BCUT2D eigenvalue weighted by molar-refractivity contribution is 0.0896. The fourth-order valence-electron chi connectivity index (χ4n) is 3.10. The molecule has 1 saturated heterocycles. The molecule has 1 aliphatic heterocycles. The number of aromatic nitrogens is 3. The highest BCUT2D eigenvalue weighted by Gasteiger charge is 2.24. The molecule has 0 saturated carbocycles. The molecule has 2 aromatic heterocycles. The molecular weight excluding hydrogens is 298 g/mol. The number of anilines is 1. The Morgan fingerprint density at radius 2 is 2.26 bits per heavy atom. The molecule has 2 aromatic rings. The van der Waals surface area contributed by atoms with Crippen molar-refractivity contribution in [2.75, 3.05) is 31.2 Å². The summed E-state index contributed by atoms with van der Waals surface area (Å²) in [7, 11) is 0. The summed E-state index contributed by atoms with van der Waals surface area (Å²) in [4.78, 5) is 14.4. The number of nitrogens with zero attached hydrogens (tertiary/aromatic N) is 3. The number of aromatic amines is 1. The van der Waals surface area contributed by atoms with Crippen molar-refractivity contribution in [1.29, 1.82) is 0 Å². The highest BCUT2D eigenvalue weighted by atomic mass is 16.5. The van der Waals surface area contributed by atoms with Crippen LogP contribution in [-0.4, -0.2) is 53.6 Å². The van der Waals surface area contributed by atoms with Crippen LogP contribution in [0.5, 0.6) is 0 Å². The Kier molecular flexibility index (Phi) is 3.74. The summed E-state index contributed by atoms with van der Waals surface area (Å²) < 4.78 is 10.5. The van der Waals surface area contributed by atoms with Crippen LogP contribution in [0.15, 0.2) is 16.8 Å². The molecule has 122 valence electrons. The lowest BCUT2D eigenvalue weighted by Crippen LogP contribution is -2.38. The Bertz CT molecular complexity index is 689. The second-order valence-corrected chi connectivity index (χ2v) is 5.94. The third-order valence-corrected chi connectivity index (χ3v) is 4.41. The lowest BCUT2D eigenvalue weighted by atomic mass is 9.94. The van der Waals surface area contributed by atoms with Gasteiger partial charge < -0.3 is 19.5 Å². The maximum Gasteiger partial charge on any atom is 0.290 e. The summed E-state index contributed by atoms with van der Waals surface area (Å²) in [5.41, 5.74) is 2.35. The number of morpholine rings is 1. The van der Waals surface area contributed by atoms with E-state index in [2.05, 4.69) is 25.6 Å². The van der Waals surface area contributed by atoms with Crippen molar-refractivity contribution < 1.29 is 14.1 Å². The van der Waals surface area contributed by atoms with Crippen molar-refractivity contribution in [2.24, 2.45) is 0 Å². The van der Waals surface area contributed by atoms with E-state index in [0.29, 0.717) is 19.0 Å². The predicted octanol–water partition coefficient (Wildman–Crippen LogP) is 0.522. The molecule has 23 heavy (non-hydrogen) atoms. The summed E-state index contributed by atoms with van der Waals surface area (Å²) in [5.74, 6) is 0.727. The molecule has 2 aliphatic rings. The highest BCUT2D eigenvalue weighted by Crippen LogP contribution is 2.20. The first-order valence-corrected chi connectivity index (χ1v) is 7.91. The zero-order valence-electron chi connectivity index (χ0n) is 12.7. The van der Waals surface area contributed by atoms with Gasteiger partial charge in [0, 0.05) is 37.3 Å². The van der Waals surface area contributed by atoms with Gasteiger partial charge in [-0.1, -0.05) is 5.16 Å². The van der Waals surface area contributed by atoms with Crippen LogP contribution < -0.4 is 10.2 Å². The number of carbonyl (C=O) groups excluding carboxylic acids is 1. The maximum absolute atomic E-state index is 12.3. The number of carbonyl (C=O) groups is 1. The van der Waals surface area contributed by atoms with Gasteiger partial charge in [0.15, 0.2) is 5.82 Å². The zero-order valence-corrected chi connectivity index (χ0v) is 12.7. The van der Waals surface area contributed by atoms with Crippen LogP contribution in [-0.2, 0) is 17.6 Å². The molecule has 8 nitrogen and oxygen atoms in total. The lowest BCUT2D eigenvalue weighted by Gasteiger charge is -2.25. The van der Waals surface area contributed by atoms with E-state index in [4.69, 9.17) is 9.26 Å². The molecule has 1 aliphatic carbocycles. The quantitative estimate of drug-likeness (QED) is 0.857. The zero-order chi connectivity index (χ0) is 15.6. The van der Waals surface area contributed by atoms with Crippen LogP contribution >= 0.6 is 0 Å². The van der Waals surface area contributed by atoms with Crippen LogP contribution in [0.25, 0.3) is 0 Å². The number of hydrogen-bond donors (Lipinski definition) is 2. The summed E-state index contributed by atoms with van der Waals surface area (Å²) in [5, 5.41) is 14.1. The van der Waals surface area contributed by atoms with E-state index >= 15 is 0 Å². The van der Waals surface area contributed by atoms with Crippen molar-refractivity contribution in [2.45, 2.75) is 25.3 Å². The molecule has 0 aromatic carbocycles. The SMILES string of the molecule is O=C(NC1CCc2cn[nH]c2C1)c1cc(N2CCOCC2)no1. The monoisotopic (exact) mass is 317 g/mol. The molecule has 0 bridgehead atoms.